The summed E-state index contributed by atoms with van der Waals surface area (Å²) >= 11 is 0. The SMILES string of the molecule is Cc1ccc(C(=O)[C@@H](OC(=O)C[C@H](C)c2ccccc2)c2ccc(C)cc2)cc1. The largest absolute Gasteiger partial charge is 0.449 e. The first kappa shape index (κ1) is 20.5. The number of hydrogen-bond donors (Lipinski definition) is 0. The van der Waals surface area contributed by atoms with Gasteiger partial charge in [-0.25, -0.2) is 0 Å². The zero-order chi connectivity index (χ0) is 20.8. The lowest BCUT2D eigenvalue weighted by Gasteiger charge is -2.19. The maximum absolute atomic E-state index is 13.2. The monoisotopic (exact) mass is 386 g/mol. The first-order valence-corrected chi connectivity index (χ1v) is 9.86. The predicted octanol–water partition coefficient (Wildman–Crippen LogP) is 5.96. The molecule has 0 saturated carbocycles. The highest BCUT2D eigenvalue weighted by Crippen LogP contribution is 2.26. The summed E-state index contributed by atoms with van der Waals surface area (Å²) in [6.45, 7) is 5.93. The maximum Gasteiger partial charge on any atom is 0.307 e. The summed E-state index contributed by atoms with van der Waals surface area (Å²) in [6.07, 6.45) is -0.734. The molecule has 0 aliphatic rings. The Balaban J connectivity index is 1.81. The number of ether oxygens (including phenoxy) is 1. The minimum Gasteiger partial charge on any atom is -0.449 e. The smallest absolute Gasteiger partial charge is 0.307 e. The molecule has 0 unspecified atom stereocenters. The molecule has 0 saturated heterocycles. The minimum absolute atomic E-state index is 0.0110. The zero-order valence-electron chi connectivity index (χ0n) is 17.1. The van der Waals surface area contributed by atoms with Crippen LogP contribution in [0.15, 0.2) is 78.9 Å². The molecule has 0 bridgehead atoms. The van der Waals surface area contributed by atoms with E-state index in [0.29, 0.717) is 11.1 Å². The van der Waals surface area contributed by atoms with E-state index in [9.17, 15) is 9.59 Å². The summed E-state index contributed by atoms with van der Waals surface area (Å²) in [5.74, 6) is -0.584. The molecule has 0 amide bonds. The number of benzene rings is 3. The topological polar surface area (TPSA) is 43.4 Å². The fourth-order valence-electron chi connectivity index (χ4n) is 3.21. The van der Waals surface area contributed by atoms with Crippen LogP contribution in [0.1, 0.15) is 58.0 Å². The summed E-state index contributed by atoms with van der Waals surface area (Å²) in [6, 6.07) is 24.7. The number of esters is 1. The fourth-order valence-corrected chi connectivity index (χ4v) is 3.21. The lowest BCUT2D eigenvalue weighted by Crippen LogP contribution is -2.21. The van der Waals surface area contributed by atoms with Gasteiger partial charge in [-0.15, -0.1) is 0 Å². The van der Waals surface area contributed by atoms with Gasteiger partial charge in [-0.05, 0) is 25.3 Å². The summed E-state index contributed by atoms with van der Waals surface area (Å²) < 4.78 is 5.73. The molecule has 2 atom stereocenters. The van der Waals surface area contributed by atoms with Crippen LogP contribution >= 0.6 is 0 Å². The number of aryl methyl sites for hydroxylation is 2. The first-order chi connectivity index (χ1) is 13.9. The van der Waals surface area contributed by atoms with Crippen molar-refractivity contribution in [3.63, 3.8) is 0 Å². The fraction of sp³-hybridized carbons (Fsp3) is 0.231. The highest BCUT2D eigenvalue weighted by Gasteiger charge is 2.27. The Hall–Kier alpha value is -3.20. The predicted molar refractivity (Wildman–Crippen MR) is 115 cm³/mol. The van der Waals surface area contributed by atoms with Gasteiger partial charge in [0.05, 0.1) is 6.42 Å². The van der Waals surface area contributed by atoms with Gasteiger partial charge in [0.2, 0.25) is 5.78 Å². The van der Waals surface area contributed by atoms with Crippen LogP contribution in [0.5, 0.6) is 0 Å². The molecule has 0 aliphatic heterocycles. The molecule has 0 fully saturated rings. The highest BCUT2D eigenvalue weighted by atomic mass is 16.5. The van der Waals surface area contributed by atoms with Crippen molar-refractivity contribution in [2.24, 2.45) is 0 Å². The van der Waals surface area contributed by atoms with Crippen LogP contribution in [0.4, 0.5) is 0 Å². The summed E-state index contributed by atoms with van der Waals surface area (Å²) in [5.41, 5.74) is 4.44. The van der Waals surface area contributed by atoms with Gasteiger partial charge < -0.3 is 4.74 Å². The summed E-state index contributed by atoms with van der Waals surface area (Å²) in [4.78, 5) is 25.8. The van der Waals surface area contributed by atoms with Crippen molar-refractivity contribution in [1.82, 2.24) is 0 Å². The quantitative estimate of drug-likeness (QED) is 0.371. The Bertz CT molecular complexity index is 957. The van der Waals surface area contributed by atoms with Crippen LogP contribution < -0.4 is 0 Å². The highest BCUT2D eigenvalue weighted by molar-refractivity contribution is 6.01. The number of rotatable bonds is 7. The van der Waals surface area contributed by atoms with Crippen LogP contribution in [0.3, 0.4) is 0 Å². The average molecular weight is 386 g/mol. The molecule has 3 nitrogen and oxygen atoms in total. The number of carbonyl (C=O) groups is 2. The van der Waals surface area contributed by atoms with Crippen molar-refractivity contribution >= 4 is 11.8 Å². The van der Waals surface area contributed by atoms with E-state index in [-0.39, 0.29) is 24.1 Å². The first-order valence-electron chi connectivity index (χ1n) is 9.86. The van der Waals surface area contributed by atoms with E-state index >= 15 is 0 Å². The van der Waals surface area contributed by atoms with Crippen molar-refractivity contribution in [2.45, 2.75) is 39.2 Å². The van der Waals surface area contributed by atoms with Gasteiger partial charge in [-0.1, -0.05) is 96.9 Å². The van der Waals surface area contributed by atoms with E-state index < -0.39 is 6.10 Å². The van der Waals surface area contributed by atoms with Crippen LogP contribution in [0, 0.1) is 13.8 Å². The third-order valence-electron chi connectivity index (χ3n) is 5.05. The van der Waals surface area contributed by atoms with E-state index in [0.717, 1.165) is 16.7 Å². The molecule has 0 aromatic heterocycles. The molecular formula is C26H26O3. The summed E-state index contributed by atoms with van der Waals surface area (Å²) in [5, 5.41) is 0. The molecule has 0 heterocycles. The van der Waals surface area contributed by atoms with Crippen LogP contribution in [0.2, 0.25) is 0 Å². The van der Waals surface area contributed by atoms with Gasteiger partial charge in [0.15, 0.2) is 6.10 Å². The molecule has 148 valence electrons. The van der Waals surface area contributed by atoms with Gasteiger partial charge in [0.1, 0.15) is 0 Å². The van der Waals surface area contributed by atoms with E-state index in [2.05, 4.69) is 0 Å². The molecular weight excluding hydrogens is 360 g/mol. The van der Waals surface area contributed by atoms with Crippen molar-refractivity contribution in [3.8, 4) is 0 Å². The summed E-state index contributed by atoms with van der Waals surface area (Å²) in [7, 11) is 0. The minimum atomic E-state index is -0.950. The van der Waals surface area contributed by atoms with Crippen molar-refractivity contribution in [2.75, 3.05) is 0 Å². The average Bonchev–Trinajstić information content (AvgIpc) is 2.73. The van der Waals surface area contributed by atoms with E-state index in [1.165, 1.54) is 0 Å². The second-order valence-electron chi connectivity index (χ2n) is 7.53. The second kappa shape index (κ2) is 9.33. The van der Waals surface area contributed by atoms with Crippen LogP contribution in [0.25, 0.3) is 0 Å². The van der Waals surface area contributed by atoms with Gasteiger partial charge in [-0.3, -0.25) is 9.59 Å². The molecule has 3 heteroatoms. The number of carbonyl (C=O) groups excluding carboxylic acids is 2. The van der Waals surface area contributed by atoms with Crippen LogP contribution in [-0.4, -0.2) is 11.8 Å². The molecule has 3 rings (SSSR count). The van der Waals surface area contributed by atoms with Crippen molar-refractivity contribution in [1.29, 1.82) is 0 Å². The third-order valence-corrected chi connectivity index (χ3v) is 5.05. The van der Waals surface area contributed by atoms with Gasteiger partial charge in [-0.2, -0.15) is 0 Å². The Labute approximate surface area is 172 Å². The van der Waals surface area contributed by atoms with Gasteiger partial charge >= 0.3 is 5.97 Å². The van der Waals surface area contributed by atoms with E-state index in [1.807, 2.05) is 87.5 Å². The lowest BCUT2D eigenvalue weighted by atomic mass is 9.97. The van der Waals surface area contributed by atoms with Crippen molar-refractivity contribution < 1.29 is 14.3 Å². The van der Waals surface area contributed by atoms with Gasteiger partial charge in [0.25, 0.3) is 0 Å². The third kappa shape index (κ3) is 5.41. The maximum atomic E-state index is 13.2. The Morgan fingerprint density at radius 3 is 1.90 bits per heavy atom. The molecule has 0 radical (unpaired) electrons. The Kier molecular flexibility index (Phi) is 6.61. The number of ketones is 1. The molecule has 0 spiro atoms. The molecule has 29 heavy (non-hydrogen) atoms. The standard InChI is InChI=1S/C26H26O3/c1-18-9-13-22(14-10-18)25(28)26(23-15-11-19(2)12-16-23)29-24(27)17-20(3)21-7-5-4-6-8-21/h4-16,20,26H,17H2,1-3H3/t20-,26-/m0/s1. The molecule has 3 aromatic carbocycles. The molecule has 3 aromatic rings. The van der Waals surface area contributed by atoms with Gasteiger partial charge in [0, 0.05) is 11.1 Å². The number of Topliss-reactive ketones (excluding diaryl/α,β-unsaturated/α-hetero) is 1. The van der Waals surface area contributed by atoms with E-state index in [1.54, 1.807) is 12.1 Å². The van der Waals surface area contributed by atoms with E-state index in [4.69, 9.17) is 4.74 Å². The second-order valence-corrected chi connectivity index (χ2v) is 7.53. The lowest BCUT2D eigenvalue weighted by molar-refractivity contribution is -0.147. The Morgan fingerprint density at radius 1 is 0.759 bits per heavy atom. The normalized spacial score (nSPS) is 12.8. The molecule has 0 N–H and O–H groups in total. The Morgan fingerprint density at radius 2 is 1.31 bits per heavy atom. The molecule has 0 aliphatic carbocycles. The van der Waals surface area contributed by atoms with Crippen LogP contribution in [-0.2, 0) is 9.53 Å². The van der Waals surface area contributed by atoms with Crippen molar-refractivity contribution in [3.05, 3.63) is 107 Å². The zero-order valence-corrected chi connectivity index (χ0v) is 17.1. The number of hydrogen-bond acceptors (Lipinski definition) is 3.